The molecule has 10 heteroatoms. The van der Waals surface area contributed by atoms with Gasteiger partial charge in [-0.2, -0.15) is 13.2 Å². The normalized spacial score (nSPS) is 11.8. The fraction of sp³-hybridized carbons (Fsp3) is 0.368. The second-order valence-corrected chi connectivity index (χ2v) is 6.63. The fourth-order valence-electron chi connectivity index (χ4n) is 2.85. The first kappa shape index (κ1) is 20.6. The van der Waals surface area contributed by atoms with Gasteiger partial charge in [0, 0.05) is 23.9 Å². The van der Waals surface area contributed by atoms with Crippen LogP contribution in [0.25, 0.3) is 17.0 Å². The molecule has 1 N–H and O–H groups in total. The zero-order valence-electron chi connectivity index (χ0n) is 16.0. The van der Waals surface area contributed by atoms with E-state index in [0.29, 0.717) is 17.8 Å². The summed E-state index contributed by atoms with van der Waals surface area (Å²) in [6.45, 7) is 3.94. The molecule has 29 heavy (non-hydrogen) atoms. The molecule has 0 aliphatic carbocycles. The number of amides is 1. The van der Waals surface area contributed by atoms with E-state index in [1.807, 2.05) is 6.92 Å². The molecule has 0 fully saturated rings. The third-order valence-corrected chi connectivity index (χ3v) is 4.31. The number of benzene rings is 1. The molecule has 7 nitrogen and oxygen atoms in total. The number of nitrogens with one attached hydrogen (secondary N) is 1. The van der Waals surface area contributed by atoms with Gasteiger partial charge in [-0.3, -0.25) is 4.79 Å². The molecular formula is C19H20F3N5O2. The Kier molecular flexibility index (Phi) is 5.71. The smallest absolute Gasteiger partial charge is 0.354 e. The number of halogens is 3. The summed E-state index contributed by atoms with van der Waals surface area (Å²) < 4.78 is 40.7. The second kappa shape index (κ2) is 8.06. The highest BCUT2D eigenvalue weighted by molar-refractivity contribution is 5.75. The number of nitrogens with zero attached hydrogens (tertiary/aromatic N) is 4. The number of hydrogen-bond acceptors (Lipinski definition) is 4. The molecule has 154 valence electrons. The molecular weight excluding hydrogens is 387 g/mol. The van der Waals surface area contributed by atoms with Crippen LogP contribution in [0, 0.1) is 6.92 Å². The molecule has 0 aliphatic rings. The Balaban J connectivity index is 2.00. The molecule has 2 heterocycles. The van der Waals surface area contributed by atoms with Gasteiger partial charge in [0.1, 0.15) is 12.4 Å². The third kappa shape index (κ3) is 4.47. The molecule has 0 atom stereocenters. The van der Waals surface area contributed by atoms with Crippen LogP contribution in [0.5, 0.6) is 0 Å². The number of aromatic nitrogens is 4. The monoisotopic (exact) mass is 407 g/mol. The minimum Gasteiger partial charge on any atom is -0.354 e. The minimum atomic E-state index is -4.46. The van der Waals surface area contributed by atoms with Crippen molar-refractivity contribution >= 4 is 11.6 Å². The average molecular weight is 407 g/mol. The number of hydrogen-bond donors (Lipinski definition) is 1. The highest BCUT2D eigenvalue weighted by Gasteiger charge is 2.30. The molecule has 0 saturated heterocycles. The summed E-state index contributed by atoms with van der Waals surface area (Å²) in [5.41, 5.74) is -0.249. The average Bonchev–Trinajstić information content (AvgIpc) is 2.96. The molecule has 2 aromatic heterocycles. The Labute approximate surface area is 164 Å². The van der Waals surface area contributed by atoms with Crippen molar-refractivity contribution in [2.24, 2.45) is 0 Å². The van der Waals surface area contributed by atoms with Crippen molar-refractivity contribution in [2.45, 2.75) is 39.4 Å². The van der Waals surface area contributed by atoms with Crippen molar-refractivity contribution in [3.05, 3.63) is 52.1 Å². The van der Waals surface area contributed by atoms with Crippen molar-refractivity contribution in [1.82, 2.24) is 24.5 Å². The van der Waals surface area contributed by atoms with E-state index in [1.165, 1.54) is 16.5 Å². The van der Waals surface area contributed by atoms with Crippen molar-refractivity contribution < 1.29 is 18.0 Å². The van der Waals surface area contributed by atoms with E-state index < -0.39 is 17.4 Å². The standard InChI is InChI=1S/C19H20F3N5O2/c1-3-4-9-23-16(28)11-26-18(29)27-15(25-26)10-12(2)24-17(27)13-5-7-14(8-6-13)19(20,21)22/h5-8,10H,3-4,9,11H2,1-2H3,(H,23,28). The van der Waals surface area contributed by atoms with Crippen LogP contribution in [-0.4, -0.2) is 31.6 Å². The second-order valence-electron chi connectivity index (χ2n) is 6.63. The third-order valence-electron chi connectivity index (χ3n) is 4.31. The van der Waals surface area contributed by atoms with Crippen LogP contribution in [-0.2, 0) is 17.5 Å². The minimum absolute atomic E-state index is 0.163. The number of carbonyl (C=O) groups excluding carboxylic acids is 1. The van der Waals surface area contributed by atoms with Crippen LogP contribution in [0.3, 0.4) is 0 Å². The molecule has 0 unspecified atom stereocenters. The predicted octanol–water partition coefficient (Wildman–Crippen LogP) is 2.80. The van der Waals surface area contributed by atoms with Crippen molar-refractivity contribution in [2.75, 3.05) is 6.54 Å². The van der Waals surface area contributed by atoms with Gasteiger partial charge in [-0.05, 0) is 25.5 Å². The topological polar surface area (TPSA) is 81.3 Å². The maximum Gasteiger partial charge on any atom is 0.416 e. The first-order chi connectivity index (χ1) is 13.7. The summed E-state index contributed by atoms with van der Waals surface area (Å²) in [5.74, 6) is -0.180. The molecule has 3 rings (SSSR count). The van der Waals surface area contributed by atoms with Gasteiger partial charge in [-0.25, -0.2) is 18.9 Å². The van der Waals surface area contributed by atoms with Gasteiger partial charge in [0.2, 0.25) is 5.91 Å². The van der Waals surface area contributed by atoms with E-state index in [9.17, 15) is 22.8 Å². The van der Waals surface area contributed by atoms with Crippen LogP contribution in [0.4, 0.5) is 13.2 Å². The lowest BCUT2D eigenvalue weighted by Crippen LogP contribution is -2.33. The Morgan fingerprint density at radius 3 is 2.52 bits per heavy atom. The van der Waals surface area contributed by atoms with Crippen LogP contribution < -0.4 is 11.0 Å². The van der Waals surface area contributed by atoms with E-state index in [0.717, 1.165) is 29.7 Å². The molecule has 3 aromatic rings. The molecule has 0 aliphatic heterocycles. The number of carbonyl (C=O) groups is 1. The zero-order valence-corrected chi connectivity index (χ0v) is 16.0. The highest BCUT2D eigenvalue weighted by atomic mass is 19.4. The highest BCUT2D eigenvalue weighted by Crippen LogP contribution is 2.30. The van der Waals surface area contributed by atoms with Gasteiger partial charge in [0.25, 0.3) is 0 Å². The van der Waals surface area contributed by atoms with E-state index in [2.05, 4.69) is 15.4 Å². The molecule has 1 aromatic carbocycles. The quantitative estimate of drug-likeness (QED) is 0.637. The van der Waals surface area contributed by atoms with Gasteiger partial charge in [-0.1, -0.05) is 25.5 Å². The summed E-state index contributed by atoms with van der Waals surface area (Å²) in [4.78, 5) is 29.1. The number of alkyl halides is 3. The Hall–Kier alpha value is -3.17. The van der Waals surface area contributed by atoms with Crippen LogP contribution >= 0.6 is 0 Å². The Bertz CT molecular complexity index is 1080. The van der Waals surface area contributed by atoms with Crippen molar-refractivity contribution in [3.63, 3.8) is 0 Å². The molecule has 0 bridgehead atoms. The summed E-state index contributed by atoms with van der Waals surface area (Å²) >= 11 is 0. The van der Waals surface area contributed by atoms with Gasteiger partial charge in [-0.15, -0.1) is 5.10 Å². The summed E-state index contributed by atoms with van der Waals surface area (Å²) in [5, 5.41) is 6.88. The van der Waals surface area contributed by atoms with Crippen LogP contribution in [0.2, 0.25) is 0 Å². The summed E-state index contributed by atoms with van der Waals surface area (Å²) in [6, 6.07) is 5.95. The van der Waals surface area contributed by atoms with Gasteiger partial charge in [0.15, 0.2) is 5.65 Å². The molecule has 1 amide bonds. The summed E-state index contributed by atoms with van der Waals surface area (Å²) in [6.07, 6.45) is -2.70. The predicted molar refractivity (Wildman–Crippen MR) is 100 cm³/mol. The SMILES string of the molecule is CCCCNC(=O)Cn1nc2cc(C)nc(-c3ccc(C(F)(F)F)cc3)n2c1=O. The van der Waals surface area contributed by atoms with E-state index in [4.69, 9.17) is 0 Å². The summed E-state index contributed by atoms with van der Waals surface area (Å²) in [7, 11) is 0. The largest absolute Gasteiger partial charge is 0.416 e. The number of rotatable bonds is 6. The Morgan fingerprint density at radius 1 is 1.21 bits per heavy atom. The first-order valence-electron chi connectivity index (χ1n) is 9.12. The molecule has 0 saturated carbocycles. The number of fused-ring (bicyclic) bond motifs is 1. The molecule has 0 radical (unpaired) electrons. The van der Waals surface area contributed by atoms with E-state index in [1.54, 1.807) is 13.0 Å². The Morgan fingerprint density at radius 2 is 1.90 bits per heavy atom. The maximum atomic E-state index is 12.8. The van der Waals surface area contributed by atoms with Crippen LogP contribution in [0.15, 0.2) is 35.1 Å². The zero-order chi connectivity index (χ0) is 21.2. The van der Waals surface area contributed by atoms with Gasteiger partial charge < -0.3 is 5.32 Å². The van der Waals surface area contributed by atoms with E-state index in [-0.39, 0.29) is 23.9 Å². The van der Waals surface area contributed by atoms with Gasteiger partial charge >= 0.3 is 11.9 Å². The maximum absolute atomic E-state index is 12.8. The number of unbranched alkanes of at least 4 members (excludes halogenated alkanes) is 1. The van der Waals surface area contributed by atoms with Crippen LogP contribution in [0.1, 0.15) is 31.0 Å². The van der Waals surface area contributed by atoms with Gasteiger partial charge in [0.05, 0.1) is 5.56 Å². The lowest BCUT2D eigenvalue weighted by molar-refractivity contribution is -0.137. The number of aryl methyl sites for hydroxylation is 1. The van der Waals surface area contributed by atoms with Crippen molar-refractivity contribution in [1.29, 1.82) is 0 Å². The first-order valence-corrected chi connectivity index (χ1v) is 9.12. The fourth-order valence-corrected chi connectivity index (χ4v) is 2.85. The van der Waals surface area contributed by atoms with Crippen molar-refractivity contribution in [3.8, 4) is 11.4 Å². The molecule has 0 spiro atoms. The lowest BCUT2D eigenvalue weighted by Gasteiger charge is -2.08. The lowest BCUT2D eigenvalue weighted by atomic mass is 10.1. The van der Waals surface area contributed by atoms with E-state index >= 15 is 0 Å².